The predicted octanol–water partition coefficient (Wildman–Crippen LogP) is 3.51. The van der Waals surface area contributed by atoms with Gasteiger partial charge in [0.15, 0.2) is 0 Å². The lowest BCUT2D eigenvalue weighted by molar-refractivity contribution is -0.129. The first-order valence-electron chi connectivity index (χ1n) is 10.1. The molecule has 0 radical (unpaired) electrons. The minimum Gasteiger partial charge on any atom is -0.492 e. The van der Waals surface area contributed by atoms with Gasteiger partial charge in [0.2, 0.25) is 0 Å². The van der Waals surface area contributed by atoms with Gasteiger partial charge in [-0.1, -0.05) is 35.9 Å². The molecule has 1 fully saturated rings. The zero-order valence-electron chi connectivity index (χ0n) is 17.4. The van der Waals surface area contributed by atoms with Gasteiger partial charge in [-0.2, -0.15) is 0 Å². The number of rotatable bonds is 6. The summed E-state index contributed by atoms with van der Waals surface area (Å²) in [5, 5.41) is 3.13. The van der Waals surface area contributed by atoms with Crippen LogP contribution < -0.4 is 10.1 Å². The van der Waals surface area contributed by atoms with Crippen LogP contribution in [0.5, 0.6) is 5.75 Å². The lowest BCUT2D eigenvalue weighted by Crippen LogP contribution is -2.53. The number of nitrogens with one attached hydrogen (secondary N) is 1. The number of para-hydroxylation sites is 1. The molecule has 1 aromatic heterocycles. The van der Waals surface area contributed by atoms with Gasteiger partial charge in [-0.15, -0.1) is 0 Å². The summed E-state index contributed by atoms with van der Waals surface area (Å²) in [6.45, 7) is 4.96. The molecule has 1 saturated heterocycles. The topological polar surface area (TPSA) is 80.6 Å². The summed E-state index contributed by atoms with van der Waals surface area (Å²) in [5.41, 5.74) is 2.81. The van der Waals surface area contributed by atoms with Crippen LogP contribution in [0.1, 0.15) is 18.1 Å². The number of amides is 4. The molecule has 1 aliphatic rings. The van der Waals surface area contributed by atoms with Crippen LogP contribution in [0.2, 0.25) is 0 Å². The number of barbiturate groups is 1. The van der Waals surface area contributed by atoms with Crippen molar-refractivity contribution in [3.05, 3.63) is 71.4 Å². The molecule has 3 aromatic rings. The summed E-state index contributed by atoms with van der Waals surface area (Å²) in [5.74, 6) is -0.465. The number of carbonyl (C=O) groups excluding carboxylic acids is 3. The van der Waals surface area contributed by atoms with Gasteiger partial charge >= 0.3 is 6.03 Å². The minimum atomic E-state index is -0.690. The zero-order valence-corrected chi connectivity index (χ0v) is 17.4. The van der Waals surface area contributed by atoms with E-state index in [-0.39, 0.29) is 12.1 Å². The number of imide groups is 2. The average molecular weight is 417 g/mol. The Hall–Kier alpha value is -3.87. The van der Waals surface area contributed by atoms with Gasteiger partial charge in [0.25, 0.3) is 11.8 Å². The van der Waals surface area contributed by atoms with Gasteiger partial charge in [-0.3, -0.25) is 19.8 Å². The predicted molar refractivity (Wildman–Crippen MR) is 118 cm³/mol. The van der Waals surface area contributed by atoms with Crippen molar-refractivity contribution >= 4 is 34.8 Å². The smallest absolute Gasteiger partial charge is 0.331 e. The first kappa shape index (κ1) is 20.4. The van der Waals surface area contributed by atoms with Crippen LogP contribution in [0.15, 0.2) is 60.3 Å². The summed E-state index contributed by atoms with van der Waals surface area (Å²) in [6, 6.07) is 14.9. The third kappa shape index (κ3) is 4.07. The fraction of sp³-hybridized carbons (Fsp3) is 0.208. The van der Waals surface area contributed by atoms with Crippen LogP contribution in [0.3, 0.4) is 0 Å². The van der Waals surface area contributed by atoms with Crippen molar-refractivity contribution in [3.8, 4) is 5.75 Å². The number of aromatic nitrogens is 1. The molecule has 4 amide bonds. The Balaban J connectivity index is 1.61. The van der Waals surface area contributed by atoms with E-state index < -0.39 is 17.8 Å². The number of aryl methyl sites for hydroxylation is 1. The largest absolute Gasteiger partial charge is 0.492 e. The molecule has 31 heavy (non-hydrogen) atoms. The van der Waals surface area contributed by atoms with Gasteiger partial charge in [-0.25, -0.2) is 4.79 Å². The summed E-state index contributed by atoms with van der Waals surface area (Å²) in [7, 11) is 0. The number of urea groups is 1. The number of ether oxygens (including phenoxy) is 1. The SMILES string of the molecule is CCN1C(=O)NC(=O)/C(=C/c2cn(CCOc3ccc(C)cc3)c3ccccc23)C1=O. The Labute approximate surface area is 179 Å². The molecule has 7 nitrogen and oxygen atoms in total. The third-order valence-corrected chi connectivity index (χ3v) is 5.24. The van der Waals surface area contributed by atoms with Crippen molar-refractivity contribution in [2.75, 3.05) is 13.2 Å². The van der Waals surface area contributed by atoms with Crippen LogP contribution in [0, 0.1) is 6.92 Å². The van der Waals surface area contributed by atoms with E-state index in [0.717, 1.165) is 27.1 Å². The van der Waals surface area contributed by atoms with Gasteiger partial charge in [-0.05, 0) is 38.1 Å². The van der Waals surface area contributed by atoms with Crippen LogP contribution in [-0.2, 0) is 16.1 Å². The van der Waals surface area contributed by atoms with Crippen LogP contribution in [-0.4, -0.2) is 40.5 Å². The molecule has 0 aliphatic carbocycles. The van der Waals surface area contributed by atoms with Crippen molar-refractivity contribution < 1.29 is 19.1 Å². The molecule has 1 N–H and O–H groups in total. The Morgan fingerprint density at radius 1 is 1.03 bits per heavy atom. The Morgan fingerprint density at radius 2 is 1.77 bits per heavy atom. The first-order valence-corrected chi connectivity index (χ1v) is 10.1. The van der Waals surface area contributed by atoms with Crippen molar-refractivity contribution in [2.45, 2.75) is 20.4 Å². The first-order chi connectivity index (χ1) is 15.0. The molecular formula is C24H23N3O4. The standard InChI is InChI=1S/C24H23N3O4/c1-3-27-23(29)20(22(28)25-24(27)30)14-17-15-26(21-7-5-4-6-19(17)21)12-13-31-18-10-8-16(2)9-11-18/h4-11,14-15H,3,12-13H2,1-2H3,(H,25,28,30)/b20-14-. The highest BCUT2D eigenvalue weighted by Gasteiger charge is 2.34. The lowest BCUT2D eigenvalue weighted by Gasteiger charge is -2.24. The quantitative estimate of drug-likeness (QED) is 0.492. The van der Waals surface area contributed by atoms with Crippen molar-refractivity contribution in [1.82, 2.24) is 14.8 Å². The second-order valence-corrected chi connectivity index (χ2v) is 7.32. The molecule has 2 aromatic carbocycles. The molecule has 2 heterocycles. The van der Waals surface area contributed by atoms with E-state index >= 15 is 0 Å². The monoisotopic (exact) mass is 417 g/mol. The second kappa shape index (κ2) is 8.47. The maximum atomic E-state index is 12.6. The Kier molecular flexibility index (Phi) is 5.58. The third-order valence-electron chi connectivity index (χ3n) is 5.24. The highest BCUT2D eigenvalue weighted by atomic mass is 16.5. The molecule has 1 aliphatic heterocycles. The molecule has 158 valence electrons. The zero-order chi connectivity index (χ0) is 22.0. The van der Waals surface area contributed by atoms with Crippen LogP contribution in [0.4, 0.5) is 4.79 Å². The Bertz CT molecular complexity index is 1190. The molecule has 0 saturated carbocycles. The maximum absolute atomic E-state index is 12.6. The van der Waals surface area contributed by atoms with Crippen LogP contribution >= 0.6 is 0 Å². The number of fused-ring (bicyclic) bond motifs is 1. The summed E-state index contributed by atoms with van der Waals surface area (Å²) in [4.78, 5) is 37.8. The average Bonchev–Trinajstić information content (AvgIpc) is 3.10. The maximum Gasteiger partial charge on any atom is 0.331 e. The summed E-state index contributed by atoms with van der Waals surface area (Å²) < 4.78 is 7.88. The number of hydrogen-bond acceptors (Lipinski definition) is 4. The van der Waals surface area contributed by atoms with E-state index in [9.17, 15) is 14.4 Å². The van der Waals surface area contributed by atoms with E-state index in [1.54, 1.807) is 13.0 Å². The van der Waals surface area contributed by atoms with E-state index in [1.165, 1.54) is 5.56 Å². The number of carbonyl (C=O) groups is 3. The highest BCUT2D eigenvalue weighted by molar-refractivity contribution is 6.31. The van der Waals surface area contributed by atoms with Gasteiger partial charge in [0.1, 0.15) is 17.9 Å². The fourth-order valence-electron chi connectivity index (χ4n) is 3.61. The van der Waals surface area contributed by atoms with Gasteiger partial charge < -0.3 is 9.30 Å². The number of likely N-dealkylation sites (N-methyl/N-ethyl adjacent to an activating group) is 1. The van der Waals surface area contributed by atoms with E-state index in [0.29, 0.717) is 13.2 Å². The molecule has 0 atom stereocenters. The second-order valence-electron chi connectivity index (χ2n) is 7.32. The molecular weight excluding hydrogens is 394 g/mol. The number of nitrogens with zero attached hydrogens (tertiary/aromatic N) is 2. The molecule has 0 unspecified atom stereocenters. The Morgan fingerprint density at radius 3 is 2.52 bits per heavy atom. The van der Waals surface area contributed by atoms with Crippen molar-refractivity contribution in [1.29, 1.82) is 0 Å². The summed E-state index contributed by atoms with van der Waals surface area (Å²) in [6.07, 6.45) is 3.44. The molecule has 7 heteroatoms. The number of hydrogen-bond donors (Lipinski definition) is 1. The van der Waals surface area contributed by atoms with Gasteiger partial charge in [0.05, 0.1) is 6.54 Å². The normalized spacial score (nSPS) is 15.6. The van der Waals surface area contributed by atoms with E-state index in [2.05, 4.69) is 5.32 Å². The highest BCUT2D eigenvalue weighted by Crippen LogP contribution is 2.25. The molecule has 4 rings (SSSR count). The lowest BCUT2D eigenvalue weighted by atomic mass is 10.1. The van der Waals surface area contributed by atoms with E-state index in [4.69, 9.17) is 4.74 Å². The minimum absolute atomic E-state index is 0.0553. The van der Waals surface area contributed by atoms with Crippen molar-refractivity contribution in [2.24, 2.45) is 0 Å². The fourth-order valence-corrected chi connectivity index (χ4v) is 3.61. The molecule has 0 bridgehead atoms. The van der Waals surface area contributed by atoms with Crippen LogP contribution in [0.25, 0.3) is 17.0 Å². The summed E-state index contributed by atoms with van der Waals surface area (Å²) >= 11 is 0. The van der Waals surface area contributed by atoms with Gasteiger partial charge in [0, 0.05) is 29.2 Å². The number of benzene rings is 2. The van der Waals surface area contributed by atoms with Crippen molar-refractivity contribution in [3.63, 3.8) is 0 Å². The molecule has 0 spiro atoms. The van der Waals surface area contributed by atoms with E-state index in [1.807, 2.05) is 66.2 Å².